The number of likely N-dealkylation sites (N-methyl/N-ethyl adjacent to an activating group) is 1. The first-order valence-electron chi connectivity index (χ1n) is 6.90. The highest BCUT2D eigenvalue weighted by atomic mass is 32.1. The molecule has 110 valence electrons. The van der Waals surface area contributed by atoms with E-state index >= 15 is 0 Å². The van der Waals surface area contributed by atoms with Gasteiger partial charge in [-0.05, 0) is 24.7 Å². The third-order valence-corrected chi connectivity index (χ3v) is 4.50. The largest absolute Gasteiger partial charge is 0.323 e. The van der Waals surface area contributed by atoms with Gasteiger partial charge in [0, 0.05) is 30.6 Å². The van der Waals surface area contributed by atoms with Gasteiger partial charge in [0.2, 0.25) is 0 Å². The fraction of sp³-hybridized carbons (Fsp3) is 0.333. The number of hydrogen-bond acceptors (Lipinski definition) is 4. The molecule has 0 bridgehead atoms. The number of hydrogen-bond donors (Lipinski definition) is 2. The van der Waals surface area contributed by atoms with E-state index in [9.17, 15) is 4.79 Å². The fourth-order valence-electron chi connectivity index (χ4n) is 2.58. The van der Waals surface area contributed by atoms with E-state index in [0.29, 0.717) is 5.92 Å². The lowest BCUT2D eigenvalue weighted by molar-refractivity contribution is 0.309. The molecule has 1 aromatic carbocycles. The van der Waals surface area contributed by atoms with E-state index in [1.807, 2.05) is 23.7 Å². The van der Waals surface area contributed by atoms with Crippen LogP contribution in [-0.2, 0) is 6.54 Å². The Hall–Kier alpha value is -1.92. The van der Waals surface area contributed by atoms with Gasteiger partial charge < -0.3 is 14.9 Å². The van der Waals surface area contributed by atoms with E-state index in [1.165, 1.54) is 10.6 Å². The third-order valence-electron chi connectivity index (χ3n) is 3.49. The minimum absolute atomic E-state index is 0.159. The Bertz CT molecular complexity index is 774. The molecule has 1 atom stereocenters. The zero-order chi connectivity index (χ0) is 14.8. The molecule has 3 aromatic rings. The van der Waals surface area contributed by atoms with Gasteiger partial charge in [-0.3, -0.25) is 0 Å². The maximum Gasteiger partial charge on any atom is 0.323 e. The fourth-order valence-corrected chi connectivity index (χ4v) is 3.27. The van der Waals surface area contributed by atoms with Crippen molar-refractivity contribution in [2.24, 2.45) is 0 Å². The quantitative estimate of drug-likeness (QED) is 0.761. The molecule has 6 heteroatoms. The monoisotopic (exact) mass is 302 g/mol. The van der Waals surface area contributed by atoms with Crippen LogP contribution < -0.4 is 5.69 Å². The first-order valence-corrected chi connectivity index (χ1v) is 7.78. The van der Waals surface area contributed by atoms with Crippen molar-refractivity contribution in [3.63, 3.8) is 0 Å². The molecule has 5 nitrogen and oxygen atoms in total. The van der Waals surface area contributed by atoms with E-state index in [2.05, 4.69) is 39.9 Å². The van der Waals surface area contributed by atoms with Crippen molar-refractivity contribution in [2.75, 3.05) is 13.6 Å². The van der Waals surface area contributed by atoms with Gasteiger partial charge in [0.05, 0.1) is 16.0 Å². The topological polar surface area (TPSA) is 64.8 Å². The van der Waals surface area contributed by atoms with Crippen LogP contribution in [0, 0.1) is 0 Å². The van der Waals surface area contributed by atoms with Crippen LogP contribution in [0.5, 0.6) is 0 Å². The molecule has 0 fully saturated rings. The predicted octanol–water partition coefficient (Wildman–Crippen LogP) is 2.55. The van der Waals surface area contributed by atoms with Crippen LogP contribution in [0.25, 0.3) is 11.0 Å². The molecule has 2 N–H and O–H groups in total. The van der Waals surface area contributed by atoms with E-state index in [-0.39, 0.29) is 5.69 Å². The molecular weight excluding hydrogens is 284 g/mol. The number of thiazole rings is 1. The van der Waals surface area contributed by atoms with Gasteiger partial charge in [-0.25, -0.2) is 9.78 Å². The average molecular weight is 302 g/mol. The summed E-state index contributed by atoms with van der Waals surface area (Å²) in [7, 11) is 2.11. The second-order valence-electron chi connectivity index (χ2n) is 5.43. The number of nitrogens with zero attached hydrogens (tertiary/aromatic N) is 2. The number of H-pyrrole nitrogens is 2. The van der Waals surface area contributed by atoms with Crippen LogP contribution in [0.4, 0.5) is 0 Å². The number of rotatable bonds is 5. The van der Waals surface area contributed by atoms with Gasteiger partial charge in [-0.1, -0.05) is 13.0 Å². The molecule has 0 spiro atoms. The summed E-state index contributed by atoms with van der Waals surface area (Å²) in [6, 6.07) is 6.02. The van der Waals surface area contributed by atoms with Gasteiger partial charge in [0.25, 0.3) is 0 Å². The van der Waals surface area contributed by atoms with Crippen LogP contribution >= 0.6 is 11.3 Å². The first kappa shape index (κ1) is 14.0. The number of benzene rings is 1. The predicted molar refractivity (Wildman–Crippen MR) is 85.8 cm³/mol. The summed E-state index contributed by atoms with van der Waals surface area (Å²) in [6.45, 7) is 4.00. The zero-order valence-electron chi connectivity index (χ0n) is 12.1. The summed E-state index contributed by atoms with van der Waals surface area (Å²) in [5, 5.41) is 3.19. The maximum atomic E-state index is 11.3. The van der Waals surface area contributed by atoms with Gasteiger partial charge in [-0.15, -0.1) is 11.3 Å². The number of aromatic amines is 2. The molecule has 21 heavy (non-hydrogen) atoms. The SMILES string of the molecule is CC(CN(C)Cc1ccc2[nH]c(=O)[nH]c2c1)c1nccs1. The Morgan fingerprint density at radius 2 is 2.14 bits per heavy atom. The molecule has 0 radical (unpaired) electrons. The van der Waals surface area contributed by atoms with Crippen LogP contribution in [0.1, 0.15) is 23.4 Å². The number of fused-ring (bicyclic) bond motifs is 1. The van der Waals surface area contributed by atoms with Crippen molar-refractivity contribution < 1.29 is 0 Å². The number of imidazole rings is 1. The van der Waals surface area contributed by atoms with E-state index in [1.54, 1.807) is 11.3 Å². The van der Waals surface area contributed by atoms with Gasteiger partial charge >= 0.3 is 5.69 Å². The zero-order valence-corrected chi connectivity index (χ0v) is 12.9. The van der Waals surface area contributed by atoms with Crippen molar-refractivity contribution in [3.05, 3.63) is 50.8 Å². The van der Waals surface area contributed by atoms with Crippen LogP contribution in [0.2, 0.25) is 0 Å². The normalized spacial score (nSPS) is 13.1. The Morgan fingerprint density at radius 1 is 1.33 bits per heavy atom. The summed E-state index contributed by atoms with van der Waals surface area (Å²) >= 11 is 1.70. The summed E-state index contributed by atoms with van der Waals surface area (Å²) in [5.41, 5.74) is 2.74. The molecule has 0 aliphatic carbocycles. The molecule has 0 amide bonds. The van der Waals surface area contributed by atoms with Crippen molar-refractivity contribution >= 4 is 22.4 Å². The first-order chi connectivity index (χ1) is 10.1. The van der Waals surface area contributed by atoms with E-state index < -0.39 is 0 Å². The highest BCUT2D eigenvalue weighted by Gasteiger charge is 2.11. The summed E-state index contributed by atoms with van der Waals surface area (Å²) in [5.74, 6) is 0.422. The molecule has 1 unspecified atom stereocenters. The van der Waals surface area contributed by atoms with E-state index in [0.717, 1.165) is 24.1 Å². The highest BCUT2D eigenvalue weighted by molar-refractivity contribution is 7.09. The smallest absolute Gasteiger partial charge is 0.306 e. The summed E-state index contributed by atoms with van der Waals surface area (Å²) in [4.78, 5) is 23.5. The molecule has 2 heterocycles. The Kier molecular flexibility index (Phi) is 3.90. The molecule has 3 rings (SSSR count). The Balaban J connectivity index is 1.68. The van der Waals surface area contributed by atoms with Gasteiger partial charge in [-0.2, -0.15) is 0 Å². The Labute approximate surface area is 126 Å². The lowest BCUT2D eigenvalue weighted by Crippen LogP contribution is -2.23. The molecule has 0 saturated carbocycles. The van der Waals surface area contributed by atoms with E-state index in [4.69, 9.17) is 0 Å². The van der Waals surface area contributed by atoms with Crippen LogP contribution in [-0.4, -0.2) is 33.4 Å². The molecule has 0 saturated heterocycles. The third kappa shape index (κ3) is 3.22. The molecular formula is C15H18N4OS. The lowest BCUT2D eigenvalue weighted by Gasteiger charge is -2.20. The number of aromatic nitrogens is 3. The minimum Gasteiger partial charge on any atom is -0.306 e. The van der Waals surface area contributed by atoms with Gasteiger partial charge in [0.1, 0.15) is 0 Å². The van der Waals surface area contributed by atoms with Gasteiger partial charge in [0.15, 0.2) is 0 Å². The second kappa shape index (κ2) is 5.83. The van der Waals surface area contributed by atoms with Crippen LogP contribution in [0.3, 0.4) is 0 Å². The molecule has 0 aliphatic rings. The minimum atomic E-state index is -0.159. The summed E-state index contributed by atoms with van der Waals surface area (Å²) < 4.78 is 0. The van der Waals surface area contributed by atoms with Crippen LogP contribution in [0.15, 0.2) is 34.6 Å². The second-order valence-corrected chi connectivity index (χ2v) is 6.35. The van der Waals surface area contributed by atoms with Crippen molar-refractivity contribution in [1.29, 1.82) is 0 Å². The highest BCUT2D eigenvalue weighted by Crippen LogP contribution is 2.19. The van der Waals surface area contributed by atoms with Crippen molar-refractivity contribution in [2.45, 2.75) is 19.4 Å². The van der Waals surface area contributed by atoms with Crippen molar-refractivity contribution in [3.8, 4) is 0 Å². The van der Waals surface area contributed by atoms with Crippen molar-refractivity contribution in [1.82, 2.24) is 19.9 Å². The molecule has 0 aliphatic heterocycles. The number of nitrogens with one attached hydrogen (secondary N) is 2. The average Bonchev–Trinajstić information content (AvgIpc) is 3.05. The standard InChI is InChI=1S/C15H18N4OS/c1-10(14-16-5-6-21-14)8-19(2)9-11-3-4-12-13(7-11)18-15(20)17-12/h3-7,10H,8-9H2,1-2H3,(H2,17,18,20). The maximum absolute atomic E-state index is 11.3. The summed E-state index contributed by atoms with van der Waals surface area (Å²) in [6.07, 6.45) is 1.85. The molecule has 2 aromatic heterocycles. The Morgan fingerprint density at radius 3 is 2.90 bits per heavy atom. The lowest BCUT2D eigenvalue weighted by atomic mass is 10.1.